The molecule has 1 aromatic heterocycles. The van der Waals surface area contributed by atoms with Gasteiger partial charge >= 0.3 is 6.01 Å². The van der Waals surface area contributed by atoms with Crippen LogP contribution in [-0.2, 0) is 10.2 Å². The van der Waals surface area contributed by atoms with E-state index >= 15 is 0 Å². The molecule has 7 heteroatoms. The number of hydrogen-bond acceptors (Lipinski definition) is 4. The SMILES string of the molecule is Cc1nc(Oc2ccccc2F)nc(C)c1NC(=O)C1(c2ccc(F)cc2)CC1. The molecule has 1 aliphatic carbocycles. The van der Waals surface area contributed by atoms with Crippen molar-refractivity contribution in [2.75, 3.05) is 5.32 Å². The monoisotopic (exact) mass is 395 g/mol. The number of nitrogens with zero attached hydrogens (tertiary/aromatic N) is 2. The third kappa shape index (κ3) is 3.68. The number of benzene rings is 2. The first-order valence-electron chi connectivity index (χ1n) is 9.24. The molecule has 1 heterocycles. The Balaban J connectivity index is 1.55. The van der Waals surface area contributed by atoms with Crippen LogP contribution >= 0.6 is 0 Å². The Hall–Kier alpha value is -3.35. The summed E-state index contributed by atoms with van der Waals surface area (Å²) in [6.45, 7) is 3.44. The maximum atomic E-state index is 13.8. The van der Waals surface area contributed by atoms with Gasteiger partial charge in [0.15, 0.2) is 11.6 Å². The lowest BCUT2D eigenvalue weighted by atomic mass is 9.95. The molecule has 1 N–H and O–H groups in total. The minimum atomic E-state index is -0.658. The molecule has 1 fully saturated rings. The Morgan fingerprint density at radius 1 is 1.00 bits per heavy atom. The van der Waals surface area contributed by atoms with Crippen molar-refractivity contribution in [2.45, 2.75) is 32.1 Å². The third-order valence-corrected chi connectivity index (χ3v) is 5.11. The summed E-state index contributed by atoms with van der Waals surface area (Å²) in [4.78, 5) is 21.5. The lowest BCUT2D eigenvalue weighted by Crippen LogP contribution is -2.28. The van der Waals surface area contributed by atoms with E-state index in [9.17, 15) is 13.6 Å². The second kappa shape index (κ2) is 7.24. The second-order valence-electron chi connectivity index (χ2n) is 7.13. The zero-order valence-electron chi connectivity index (χ0n) is 16.0. The Kier molecular flexibility index (Phi) is 4.74. The fraction of sp³-hybridized carbons (Fsp3) is 0.227. The first-order valence-corrected chi connectivity index (χ1v) is 9.24. The van der Waals surface area contributed by atoms with E-state index in [1.165, 1.54) is 24.3 Å². The predicted molar refractivity (Wildman–Crippen MR) is 104 cm³/mol. The molecule has 1 aliphatic rings. The highest BCUT2D eigenvalue weighted by molar-refractivity contribution is 6.02. The normalized spacial score (nSPS) is 14.3. The maximum absolute atomic E-state index is 13.8. The molecule has 0 bridgehead atoms. The van der Waals surface area contributed by atoms with E-state index in [4.69, 9.17) is 4.74 Å². The van der Waals surface area contributed by atoms with E-state index < -0.39 is 11.2 Å². The molecule has 0 radical (unpaired) electrons. The van der Waals surface area contributed by atoms with Gasteiger partial charge in [-0.2, -0.15) is 9.97 Å². The highest BCUT2D eigenvalue weighted by atomic mass is 19.1. The smallest absolute Gasteiger partial charge is 0.322 e. The van der Waals surface area contributed by atoms with E-state index in [0.717, 1.165) is 5.56 Å². The predicted octanol–water partition coefficient (Wildman–Crippen LogP) is 4.83. The number of carbonyl (C=O) groups excluding carboxylic acids is 1. The molecule has 1 saturated carbocycles. The number of carbonyl (C=O) groups is 1. The number of halogens is 2. The summed E-state index contributed by atoms with van der Waals surface area (Å²) < 4.78 is 32.5. The van der Waals surface area contributed by atoms with Crippen LogP contribution in [0.1, 0.15) is 29.8 Å². The van der Waals surface area contributed by atoms with Crippen LogP contribution in [0.2, 0.25) is 0 Å². The number of anilines is 1. The van der Waals surface area contributed by atoms with Crippen LogP contribution in [0.3, 0.4) is 0 Å². The molecule has 0 spiro atoms. The van der Waals surface area contributed by atoms with Gasteiger partial charge in [0.2, 0.25) is 5.91 Å². The topological polar surface area (TPSA) is 64.1 Å². The summed E-state index contributed by atoms with van der Waals surface area (Å²) >= 11 is 0. The molecular weight excluding hydrogens is 376 g/mol. The molecule has 0 atom stereocenters. The second-order valence-corrected chi connectivity index (χ2v) is 7.13. The third-order valence-electron chi connectivity index (χ3n) is 5.11. The highest BCUT2D eigenvalue weighted by Crippen LogP contribution is 2.49. The zero-order valence-corrected chi connectivity index (χ0v) is 16.0. The van der Waals surface area contributed by atoms with E-state index in [-0.39, 0.29) is 23.5 Å². The van der Waals surface area contributed by atoms with E-state index in [0.29, 0.717) is 29.9 Å². The minimum Gasteiger partial charge on any atom is -0.421 e. The molecule has 148 valence electrons. The van der Waals surface area contributed by atoms with Crippen molar-refractivity contribution < 1.29 is 18.3 Å². The largest absolute Gasteiger partial charge is 0.421 e. The number of para-hydroxylation sites is 1. The van der Waals surface area contributed by atoms with Gasteiger partial charge in [0.1, 0.15) is 5.82 Å². The first kappa shape index (κ1) is 19.0. The summed E-state index contributed by atoms with van der Waals surface area (Å²) in [7, 11) is 0. The molecule has 0 saturated heterocycles. The average Bonchev–Trinajstić information content (AvgIpc) is 3.49. The maximum Gasteiger partial charge on any atom is 0.322 e. The molecule has 0 aliphatic heterocycles. The molecular formula is C22H19F2N3O2. The first-order chi connectivity index (χ1) is 13.9. The van der Waals surface area contributed by atoms with Gasteiger partial charge in [-0.25, -0.2) is 8.78 Å². The average molecular weight is 395 g/mol. The standard InChI is InChI=1S/C22H19F2N3O2/c1-13-19(14(2)26-21(25-13)29-18-6-4-3-5-17(18)24)27-20(28)22(11-12-22)15-7-9-16(23)10-8-15/h3-10H,11-12H2,1-2H3,(H,27,28). The van der Waals surface area contributed by atoms with Gasteiger partial charge in [-0.1, -0.05) is 24.3 Å². The van der Waals surface area contributed by atoms with Gasteiger partial charge in [-0.3, -0.25) is 4.79 Å². The Morgan fingerprint density at radius 3 is 2.21 bits per heavy atom. The van der Waals surface area contributed by atoms with Crippen molar-refractivity contribution in [3.05, 3.63) is 77.1 Å². The number of ether oxygens (including phenoxy) is 1. The van der Waals surface area contributed by atoms with Gasteiger partial charge in [-0.05, 0) is 56.5 Å². The number of nitrogens with one attached hydrogen (secondary N) is 1. The van der Waals surface area contributed by atoms with Crippen molar-refractivity contribution >= 4 is 11.6 Å². The van der Waals surface area contributed by atoms with Crippen molar-refractivity contribution in [1.82, 2.24) is 9.97 Å². The van der Waals surface area contributed by atoms with Crippen LogP contribution in [0.4, 0.5) is 14.5 Å². The van der Waals surface area contributed by atoms with Crippen LogP contribution < -0.4 is 10.1 Å². The number of aryl methyl sites for hydroxylation is 2. The summed E-state index contributed by atoms with van der Waals surface area (Å²) in [5, 5.41) is 2.91. The molecule has 1 amide bonds. The van der Waals surface area contributed by atoms with E-state index in [2.05, 4.69) is 15.3 Å². The Bertz CT molecular complexity index is 1060. The van der Waals surface area contributed by atoms with Gasteiger partial charge in [0, 0.05) is 0 Å². The van der Waals surface area contributed by atoms with Crippen molar-refractivity contribution in [3.63, 3.8) is 0 Å². The summed E-state index contributed by atoms with van der Waals surface area (Å²) in [5.41, 5.74) is 1.63. The van der Waals surface area contributed by atoms with Crippen LogP contribution in [0, 0.1) is 25.5 Å². The number of hydrogen-bond donors (Lipinski definition) is 1. The zero-order chi connectivity index (χ0) is 20.6. The lowest BCUT2D eigenvalue weighted by molar-refractivity contribution is -0.118. The number of rotatable bonds is 5. The van der Waals surface area contributed by atoms with Gasteiger partial charge < -0.3 is 10.1 Å². The van der Waals surface area contributed by atoms with Crippen molar-refractivity contribution in [3.8, 4) is 11.8 Å². The minimum absolute atomic E-state index is 0.00256. The van der Waals surface area contributed by atoms with Gasteiger partial charge in [0.05, 0.1) is 22.5 Å². The lowest BCUT2D eigenvalue weighted by Gasteiger charge is -2.18. The Labute approximate surface area is 166 Å². The molecule has 3 aromatic rings. The Morgan fingerprint density at radius 2 is 1.62 bits per heavy atom. The molecule has 2 aromatic carbocycles. The molecule has 29 heavy (non-hydrogen) atoms. The molecule has 4 rings (SSSR count). The number of aromatic nitrogens is 2. The fourth-order valence-corrected chi connectivity index (χ4v) is 3.31. The van der Waals surface area contributed by atoms with Crippen LogP contribution in [0.25, 0.3) is 0 Å². The van der Waals surface area contributed by atoms with Crippen LogP contribution in [0.15, 0.2) is 48.5 Å². The van der Waals surface area contributed by atoms with E-state index in [1.54, 1.807) is 38.1 Å². The quantitative estimate of drug-likeness (QED) is 0.672. The summed E-state index contributed by atoms with van der Waals surface area (Å²) in [6, 6.07) is 12.0. The summed E-state index contributed by atoms with van der Waals surface area (Å²) in [6.07, 6.45) is 1.38. The van der Waals surface area contributed by atoms with Crippen LogP contribution in [0.5, 0.6) is 11.8 Å². The number of amides is 1. The van der Waals surface area contributed by atoms with Crippen molar-refractivity contribution in [1.29, 1.82) is 0 Å². The molecule has 0 unspecified atom stereocenters. The summed E-state index contributed by atoms with van der Waals surface area (Å²) in [5.74, 6) is -1.01. The van der Waals surface area contributed by atoms with Gasteiger partial charge in [0.25, 0.3) is 0 Å². The highest BCUT2D eigenvalue weighted by Gasteiger charge is 2.51. The van der Waals surface area contributed by atoms with Crippen LogP contribution in [-0.4, -0.2) is 15.9 Å². The molecule has 5 nitrogen and oxygen atoms in total. The fourth-order valence-electron chi connectivity index (χ4n) is 3.31. The van der Waals surface area contributed by atoms with Gasteiger partial charge in [-0.15, -0.1) is 0 Å². The van der Waals surface area contributed by atoms with E-state index in [1.807, 2.05) is 0 Å². The van der Waals surface area contributed by atoms with Crippen molar-refractivity contribution in [2.24, 2.45) is 0 Å².